The van der Waals surface area contributed by atoms with Crippen LogP contribution < -0.4 is 5.73 Å². The van der Waals surface area contributed by atoms with Gasteiger partial charge in [-0.15, -0.1) is 0 Å². The zero-order valence-corrected chi connectivity index (χ0v) is 11.5. The van der Waals surface area contributed by atoms with Gasteiger partial charge >= 0.3 is 5.97 Å². The van der Waals surface area contributed by atoms with Crippen LogP contribution in [0.25, 0.3) is 0 Å². The van der Waals surface area contributed by atoms with Gasteiger partial charge in [-0.1, -0.05) is 12.1 Å². The lowest BCUT2D eigenvalue weighted by Gasteiger charge is -2.28. The Kier molecular flexibility index (Phi) is 4.77. The number of nitrogens with two attached hydrogens (primary N) is 1. The van der Waals surface area contributed by atoms with E-state index in [9.17, 15) is 9.59 Å². The van der Waals surface area contributed by atoms with Gasteiger partial charge in [-0.3, -0.25) is 9.59 Å². The Morgan fingerprint density at radius 3 is 2.20 bits per heavy atom. The predicted molar refractivity (Wildman–Crippen MR) is 76.5 cm³/mol. The van der Waals surface area contributed by atoms with Crippen molar-refractivity contribution in [1.29, 1.82) is 0 Å². The van der Waals surface area contributed by atoms with Crippen LogP contribution in [0.5, 0.6) is 0 Å². The van der Waals surface area contributed by atoms with Gasteiger partial charge in [0.1, 0.15) is 0 Å². The maximum atomic E-state index is 11.0. The Morgan fingerprint density at radius 2 is 1.70 bits per heavy atom. The molecule has 1 amide bonds. The average molecular weight is 275 g/mol. The van der Waals surface area contributed by atoms with Crippen LogP contribution in [0.1, 0.15) is 60.4 Å². The van der Waals surface area contributed by atoms with Crippen molar-refractivity contribution in [3.8, 4) is 0 Å². The number of aliphatic carboxylic acids is 1. The molecular weight excluding hydrogens is 254 g/mol. The molecule has 0 bridgehead atoms. The van der Waals surface area contributed by atoms with Crippen LogP contribution in [0.4, 0.5) is 0 Å². The maximum absolute atomic E-state index is 11.0. The Labute approximate surface area is 119 Å². The van der Waals surface area contributed by atoms with Crippen LogP contribution in [0.2, 0.25) is 0 Å². The number of hydrogen-bond donors (Lipinski definition) is 2. The molecule has 1 aromatic carbocycles. The van der Waals surface area contributed by atoms with Crippen LogP contribution in [-0.2, 0) is 4.79 Å². The SMILES string of the molecule is NC(=O)c1ccc([C@H]2CC[C@H](CCC(=O)O)CC2)cc1. The normalized spacial score (nSPS) is 22.4. The molecule has 0 aliphatic heterocycles. The van der Waals surface area contributed by atoms with Gasteiger partial charge in [0.15, 0.2) is 0 Å². The Hall–Kier alpha value is -1.84. The third kappa shape index (κ3) is 3.83. The first-order valence-corrected chi connectivity index (χ1v) is 7.18. The molecule has 1 aliphatic rings. The van der Waals surface area contributed by atoms with Gasteiger partial charge in [0.05, 0.1) is 0 Å². The van der Waals surface area contributed by atoms with Crippen molar-refractivity contribution in [3.63, 3.8) is 0 Å². The summed E-state index contributed by atoms with van der Waals surface area (Å²) in [4.78, 5) is 21.6. The summed E-state index contributed by atoms with van der Waals surface area (Å²) in [6.07, 6.45) is 5.46. The minimum atomic E-state index is -0.700. The predicted octanol–water partition coefficient (Wildman–Crippen LogP) is 2.92. The lowest BCUT2D eigenvalue weighted by molar-refractivity contribution is -0.137. The number of carbonyl (C=O) groups excluding carboxylic acids is 1. The van der Waals surface area contributed by atoms with Gasteiger partial charge in [-0.25, -0.2) is 0 Å². The highest BCUT2D eigenvalue weighted by atomic mass is 16.4. The summed E-state index contributed by atoms with van der Waals surface area (Å²) < 4.78 is 0. The average Bonchev–Trinajstić information content (AvgIpc) is 2.46. The van der Waals surface area contributed by atoms with E-state index in [2.05, 4.69) is 0 Å². The molecule has 4 nitrogen and oxygen atoms in total. The fourth-order valence-electron chi connectivity index (χ4n) is 3.03. The first-order chi connectivity index (χ1) is 9.56. The molecule has 1 fully saturated rings. The van der Waals surface area contributed by atoms with Crippen LogP contribution >= 0.6 is 0 Å². The molecule has 0 saturated heterocycles. The van der Waals surface area contributed by atoms with E-state index < -0.39 is 11.9 Å². The second-order valence-electron chi connectivity index (χ2n) is 5.64. The highest BCUT2D eigenvalue weighted by molar-refractivity contribution is 5.92. The fraction of sp³-hybridized carbons (Fsp3) is 0.500. The van der Waals surface area contributed by atoms with E-state index in [1.165, 1.54) is 5.56 Å². The zero-order chi connectivity index (χ0) is 14.5. The molecule has 0 spiro atoms. The summed E-state index contributed by atoms with van der Waals surface area (Å²) in [5.41, 5.74) is 7.03. The van der Waals surface area contributed by atoms with Crippen molar-refractivity contribution in [1.82, 2.24) is 0 Å². The minimum Gasteiger partial charge on any atom is -0.481 e. The van der Waals surface area contributed by atoms with Gasteiger partial charge in [0.25, 0.3) is 0 Å². The molecule has 4 heteroatoms. The molecule has 0 unspecified atom stereocenters. The Balaban J connectivity index is 1.87. The fourth-order valence-corrected chi connectivity index (χ4v) is 3.03. The van der Waals surface area contributed by atoms with Crippen LogP contribution in [0.3, 0.4) is 0 Å². The van der Waals surface area contributed by atoms with E-state index in [1.54, 1.807) is 12.1 Å². The number of benzene rings is 1. The molecule has 108 valence electrons. The van der Waals surface area contributed by atoms with Gasteiger partial charge < -0.3 is 10.8 Å². The van der Waals surface area contributed by atoms with Crippen LogP contribution in [-0.4, -0.2) is 17.0 Å². The van der Waals surface area contributed by atoms with Gasteiger partial charge in [-0.05, 0) is 61.6 Å². The van der Waals surface area contributed by atoms with E-state index in [4.69, 9.17) is 10.8 Å². The van der Waals surface area contributed by atoms with Crippen molar-refractivity contribution in [2.75, 3.05) is 0 Å². The molecule has 0 atom stereocenters. The molecule has 0 heterocycles. The van der Waals surface area contributed by atoms with Crippen molar-refractivity contribution in [2.24, 2.45) is 11.7 Å². The smallest absolute Gasteiger partial charge is 0.303 e. The quantitative estimate of drug-likeness (QED) is 0.867. The van der Waals surface area contributed by atoms with Gasteiger partial charge in [-0.2, -0.15) is 0 Å². The molecule has 0 radical (unpaired) electrons. The van der Waals surface area contributed by atoms with E-state index in [0.717, 1.165) is 32.1 Å². The van der Waals surface area contributed by atoms with E-state index in [-0.39, 0.29) is 6.42 Å². The standard InChI is InChI=1S/C16H21NO3/c17-16(20)14-8-6-13(7-9-14)12-4-1-11(2-5-12)3-10-15(18)19/h6-9,11-12H,1-5,10H2,(H2,17,20)(H,18,19)/t11-,12-. The second-order valence-corrected chi connectivity index (χ2v) is 5.64. The summed E-state index contributed by atoms with van der Waals surface area (Å²) in [7, 11) is 0. The molecule has 1 aliphatic carbocycles. The first kappa shape index (κ1) is 14.6. The highest BCUT2D eigenvalue weighted by Crippen LogP contribution is 2.37. The molecule has 20 heavy (non-hydrogen) atoms. The van der Waals surface area contributed by atoms with Crippen LogP contribution in [0, 0.1) is 5.92 Å². The van der Waals surface area contributed by atoms with Gasteiger partial charge in [0.2, 0.25) is 5.91 Å². The topological polar surface area (TPSA) is 80.4 Å². The lowest BCUT2D eigenvalue weighted by Crippen LogP contribution is -2.15. The number of carbonyl (C=O) groups is 2. The number of carboxylic acid groups (broad SMARTS) is 1. The zero-order valence-electron chi connectivity index (χ0n) is 11.5. The van der Waals surface area contributed by atoms with Gasteiger partial charge in [0, 0.05) is 12.0 Å². The summed E-state index contributed by atoms with van der Waals surface area (Å²) in [6, 6.07) is 7.55. The van der Waals surface area contributed by atoms with Crippen molar-refractivity contribution >= 4 is 11.9 Å². The first-order valence-electron chi connectivity index (χ1n) is 7.18. The highest BCUT2D eigenvalue weighted by Gasteiger charge is 2.22. The monoisotopic (exact) mass is 275 g/mol. The second kappa shape index (κ2) is 6.55. The lowest BCUT2D eigenvalue weighted by atomic mass is 9.77. The van der Waals surface area contributed by atoms with E-state index in [0.29, 0.717) is 17.4 Å². The molecular formula is C16H21NO3. The summed E-state index contributed by atoms with van der Waals surface area (Å²) in [5.74, 6) is -0.0201. The summed E-state index contributed by atoms with van der Waals surface area (Å²) in [6.45, 7) is 0. The largest absolute Gasteiger partial charge is 0.481 e. The summed E-state index contributed by atoms with van der Waals surface area (Å²) in [5, 5.41) is 8.71. The molecule has 2 rings (SSSR count). The van der Waals surface area contributed by atoms with Crippen molar-refractivity contribution < 1.29 is 14.7 Å². The number of rotatable bonds is 5. The summed E-state index contributed by atoms with van der Waals surface area (Å²) >= 11 is 0. The van der Waals surface area contributed by atoms with Crippen molar-refractivity contribution in [2.45, 2.75) is 44.4 Å². The Bertz CT molecular complexity index is 473. The van der Waals surface area contributed by atoms with E-state index in [1.807, 2.05) is 12.1 Å². The van der Waals surface area contributed by atoms with E-state index >= 15 is 0 Å². The molecule has 3 N–H and O–H groups in total. The maximum Gasteiger partial charge on any atom is 0.303 e. The van der Waals surface area contributed by atoms with Crippen molar-refractivity contribution in [3.05, 3.63) is 35.4 Å². The number of amides is 1. The number of primary amides is 1. The molecule has 1 saturated carbocycles. The third-order valence-corrected chi connectivity index (χ3v) is 4.28. The van der Waals surface area contributed by atoms with Crippen LogP contribution in [0.15, 0.2) is 24.3 Å². The Morgan fingerprint density at radius 1 is 1.10 bits per heavy atom. The number of hydrogen-bond acceptors (Lipinski definition) is 2. The minimum absolute atomic E-state index is 0.280. The molecule has 1 aromatic rings. The molecule has 0 aromatic heterocycles. The number of carboxylic acids is 1. The third-order valence-electron chi connectivity index (χ3n) is 4.28.